The van der Waals surface area contributed by atoms with Gasteiger partial charge in [-0.2, -0.15) is 13.2 Å². The van der Waals surface area contributed by atoms with Crippen molar-refractivity contribution < 1.29 is 13.2 Å². The number of nitrogens with zero attached hydrogens (tertiary/aromatic N) is 1. The van der Waals surface area contributed by atoms with E-state index in [1.807, 2.05) is 18.2 Å². The quantitative estimate of drug-likeness (QED) is 0.890. The zero-order valence-electron chi connectivity index (χ0n) is 11.2. The van der Waals surface area contributed by atoms with Crippen LogP contribution in [0.5, 0.6) is 0 Å². The average Bonchev–Trinajstić information content (AvgIpc) is 2.47. The van der Waals surface area contributed by atoms with Crippen LogP contribution in [0.15, 0.2) is 36.4 Å². The summed E-state index contributed by atoms with van der Waals surface area (Å²) in [5.41, 5.74) is 2.23. The van der Waals surface area contributed by atoms with Crippen molar-refractivity contribution in [2.75, 3.05) is 11.9 Å². The molecule has 1 aliphatic heterocycles. The van der Waals surface area contributed by atoms with Crippen LogP contribution < -0.4 is 10.6 Å². The number of fused-ring (bicyclic) bond motifs is 1. The fourth-order valence-electron chi connectivity index (χ4n) is 2.45. The van der Waals surface area contributed by atoms with Crippen LogP contribution in [0.4, 0.5) is 24.7 Å². The molecular formula is C15H14F3N3. The molecule has 3 nitrogen and oxygen atoms in total. The third-order valence-corrected chi connectivity index (χ3v) is 3.44. The molecule has 0 aliphatic carbocycles. The number of halogens is 3. The van der Waals surface area contributed by atoms with Crippen molar-refractivity contribution in [2.45, 2.75) is 19.1 Å². The van der Waals surface area contributed by atoms with Gasteiger partial charge in [0.1, 0.15) is 11.5 Å². The van der Waals surface area contributed by atoms with E-state index in [9.17, 15) is 13.2 Å². The highest BCUT2D eigenvalue weighted by Crippen LogP contribution is 2.30. The first-order chi connectivity index (χ1) is 10.0. The molecular weight excluding hydrogens is 279 g/mol. The lowest BCUT2D eigenvalue weighted by atomic mass is 9.99. The number of hydrogen-bond acceptors (Lipinski definition) is 3. The highest BCUT2D eigenvalue weighted by atomic mass is 19.4. The number of anilines is 2. The first kappa shape index (κ1) is 13.9. The molecule has 21 heavy (non-hydrogen) atoms. The number of pyridine rings is 1. The van der Waals surface area contributed by atoms with E-state index in [2.05, 4.69) is 15.6 Å². The molecule has 1 aromatic heterocycles. The number of aromatic nitrogens is 1. The smallest absolute Gasteiger partial charge is 0.340 e. The maximum atomic E-state index is 12.7. The van der Waals surface area contributed by atoms with E-state index in [-0.39, 0.29) is 5.82 Å². The number of benzene rings is 1. The molecule has 2 heterocycles. The van der Waals surface area contributed by atoms with Gasteiger partial charge >= 0.3 is 6.18 Å². The zero-order chi connectivity index (χ0) is 14.9. The van der Waals surface area contributed by atoms with Gasteiger partial charge in [0.2, 0.25) is 0 Å². The SMILES string of the molecule is FC(F)(F)c1cccc(Nc2cccc3c2CCNC3)n1. The van der Waals surface area contributed by atoms with E-state index in [1.165, 1.54) is 17.7 Å². The van der Waals surface area contributed by atoms with Gasteiger partial charge in [0, 0.05) is 12.2 Å². The zero-order valence-corrected chi connectivity index (χ0v) is 11.2. The summed E-state index contributed by atoms with van der Waals surface area (Å²) in [5.74, 6) is 0.205. The van der Waals surface area contributed by atoms with Gasteiger partial charge < -0.3 is 10.6 Å². The van der Waals surface area contributed by atoms with Gasteiger partial charge in [-0.3, -0.25) is 0 Å². The Labute approximate surface area is 120 Å². The molecule has 3 rings (SSSR count). The van der Waals surface area contributed by atoms with E-state index in [0.717, 1.165) is 36.8 Å². The number of hydrogen-bond donors (Lipinski definition) is 2. The highest BCUT2D eigenvalue weighted by Gasteiger charge is 2.32. The molecule has 0 fully saturated rings. The van der Waals surface area contributed by atoms with Gasteiger partial charge in [-0.05, 0) is 42.3 Å². The fourth-order valence-corrected chi connectivity index (χ4v) is 2.45. The Bertz CT molecular complexity index is 653. The fraction of sp³-hybridized carbons (Fsp3) is 0.267. The number of nitrogens with one attached hydrogen (secondary N) is 2. The highest BCUT2D eigenvalue weighted by molar-refractivity contribution is 5.63. The number of rotatable bonds is 2. The predicted molar refractivity (Wildman–Crippen MR) is 74.4 cm³/mol. The summed E-state index contributed by atoms with van der Waals surface area (Å²) >= 11 is 0. The van der Waals surface area contributed by atoms with Crippen molar-refractivity contribution in [1.29, 1.82) is 0 Å². The molecule has 1 aliphatic rings. The van der Waals surface area contributed by atoms with Crippen molar-refractivity contribution in [3.63, 3.8) is 0 Å². The predicted octanol–water partition coefficient (Wildman–Crippen LogP) is 3.49. The summed E-state index contributed by atoms with van der Waals surface area (Å²) in [7, 11) is 0. The third kappa shape index (κ3) is 3.00. The van der Waals surface area contributed by atoms with Gasteiger partial charge in [0.15, 0.2) is 0 Å². The molecule has 2 N–H and O–H groups in total. The second kappa shape index (κ2) is 5.37. The second-order valence-electron chi connectivity index (χ2n) is 4.90. The monoisotopic (exact) mass is 293 g/mol. The molecule has 0 atom stereocenters. The number of alkyl halides is 3. The van der Waals surface area contributed by atoms with Crippen molar-refractivity contribution in [1.82, 2.24) is 10.3 Å². The normalized spacial score (nSPS) is 14.6. The third-order valence-electron chi connectivity index (χ3n) is 3.44. The molecule has 0 radical (unpaired) electrons. The Hall–Kier alpha value is -2.08. The van der Waals surface area contributed by atoms with Crippen molar-refractivity contribution in [3.05, 3.63) is 53.2 Å². The van der Waals surface area contributed by atoms with Gasteiger partial charge in [-0.25, -0.2) is 4.98 Å². The topological polar surface area (TPSA) is 37.0 Å². The summed E-state index contributed by atoms with van der Waals surface area (Å²) in [6.45, 7) is 1.64. The summed E-state index contributed by atoms with van der Waals surface area (Å²) in [6.07, 6.45) is -3.59. The first-order valence-electron chi connectivity index (χ1n) is 6.67. The van der Waals surface area contributed by atoms with Crippen LogP contribution in [0.25, 0.3) is 0 Å². The van der Waals surface area contributed by atoms with Gasteiger partial charge in [-0.15, -0.1) is 0 Å². The standard InChI is InChI=1S/C15H14F3N3/c16-15(17,18)13-5-2-6-14(21-13)20-12-4-1-3-10-9-19-8-7-11(10)12/h1-6,19H,7-9H2,(H,20,21). The van der Waals surface area contributed by atoms with Gasteiger partial charge in [0.25, 0.3) is 0 Å². The molecule has 6 heteroatoms. The lowest BCUT2D eigenvalue weighted by molar-refractivity contribution is -0.141. The molecule has 0 bridgehead atoms. The van der Waals surface area contributed by atoms with Crippen LogP contribution in [-0.2, 0) is 19.1 Å². The lowest BCUT2D eigenvalue weighted by Gasteiger charge is -2.21. The van der Waals surface area contributed by atoms with Crippen LogP contribution in [0.3, 0.4) is 0 Å². The lowest BCUT2D eigenvalue weighted by Crippen LogP contribution is -2.24. The summed E-state index contributed by atoms with van der Waals surface area (Å²) in [6, 6.07) is 9.64. The summed E-state index contributed by atoms with van der Waals surface area (Å²) in [4.78, 5) is 3.64. The van der Waals surface area contributed by atoms with Crippen LogP contribution in [0.2, 0.25) is 0 Å². The maximum Gasteiger partial charge on any atom is 0.433 e. The molecule has 2 aromatic rings. The molecule has 0 saturated carbocycles. The van der Waals surface area contributed by atoms with Crippen LogP contribution in [0.1, 0.15) is 16.8 Å². The molecule has 1 aromatic carbocycles. The molecule has 110 valence electrons. The van der Waals surface area contributed by atoms with Crippen molar-refractivity contribution >= 4 is 11.5 Å². The van der Waals surface area contributed by atoms with Crippen LogP contribution in [-0.4, -0.2) is 11.5 Å². The second-order valence-corrected chi connectivity index (χ2v) is 4.90. The largest absolute Gasteiger partial charge is 0.433 e. The van der Waals surface area contributed by atoms with Crippen molar-refractivity contribution in [2.24, 2.45) is 0 Å². The maximum absolute atomic E-state index is 12.7. The van der Waals surface area contributed by atoms with E-state index in [4.69, 9.17) is 0 Å². The average molecular weight is 293 g/mol. The summed E-state index contributed by atoms with van der Waals surface area (Å²) in [5, 5.41) is 6.27. The Morgan fingerprint density at radius 1 is 1.10 bits per heavy atom. The minimum Gasteiger partial charge on any atom is -0.340 e. The molecule has 0 saturated heterocycles. The molecule has 0 amide bonds. The van der Waals surface area contributed by atoms with E-state index in [0.29, 0.717) is 0 Å². The van der Waals surface area contributed by atoms with E-state index in [1.54, 1.807) is 0 Å². The van der Waals surface area contributed by atoms with Crippen LogP contribution >= 0.6 is 0 Å². The van der Waals surface area contributed by atoms with Crippen molar-refractivity contribution in [3.8, 4) is 0 Å². The minimum absolute atomic E-state index is 0.205. The minimum atomic E-state index is -4.43. The Morgan fingerprint density at radius 2 is 1.90 bits per heavy atom. The molecule has 0 unspecified atom stereocenters. The Morgan fingerprint density at radius 3 is 2.71 bits per heavy atom. The summed E-state index contributed by atoms with van der Waals surface area (Å²) < 4.78 is 38.0. The molecule has 0 spiro atoms. The Kier molecular flexibility index (Phi) is 3.55. The Balaban J connectivity index is 1.91. The first-order valence-corrected chi connectivity index (χ1v) is 6.67. The van der Waals surface area contributed by atoms with Gasteiger partial charge in [0.05, 0.1) is 0 Å². The van der Waals surface area contributed by atoms with Gasteiger partial charge in [-0.1, -0.05) is 18.2 Å². The van der Waals surface area contributed by atoms with E-state index < -0.39 is 11.9 Å². The van der Waals surface area contributed by atoms with Crippen LogP contribution in [0, 0.1) is 0 Å². The van der Waals surface area contributed by atoms with E-state index >= 15 is 0 Å².